The highest BCUT2D eigenvalue weighted by Gasteiger charge is 2.21. The Morgan fingerprint density at radius 1 is 1.20 bits per heavy atom. The zero-order valence-electron chi connectivity index (χ0n) is 13.5. The van der Waals surface area contributed by atoms with Gasteiger partial charge in [-0.25, -0.2) is 0 Å². The molecule has 1 aromatic carbocycles. The van der Waals surface area contributed by atoms with Gasteiger partial charge in [0, 0.05) is 6.54 Å². The minimum absolute atomic E-state index is 0.413. The molecule has 1 fully saturated rings. The van der Waals surface area contributed by atoms with Crippen LogP contribution in [0.2, 0.25) is 0 Å². The summed E-state index contributed by atoms with van der Waals surface area (Å²) in [5.74, 6) is 1.92. The van der Waals surface area contributed by atoms with E-state index in [0.29, 0.717) is 6.10 Å². The average Bonchev–Trinajstić information content (AvgIpc) is 2.40. The second kappa shape index (κ2) is 7.12. The molecule has 1 aliphatic rings. The lowest BCUT2D eigenvalue weighted by atomic mass is 9.88. The van der Waals surface area contributed by atoms with Gasteiger partial charge in [-0.3, -0.25) is 0 Å². The van der Waals surface area contributed by atoms with Crippen LogP contribution in [0, 0.1) is 19.8 Å². The highest BCUT2D eigenvalue weighted by molar-refractivity contribution is 5.43. The van der Waals surface area contributed by atoms with Gasteiger partial charge in [-0.15, -0.1) is 0 Å². The van der Waals surface area contributed by atoms with Gasteiger partial charge in [0.05, 0.1) is 6.10 Å². The summed E-state index contributed by atoms with van der Waals surface area (Å²) in [4.78, 5) is 0. The maximum atomic E-state index is 6.33. The first-order chi connectivity index (χ1) is 9.60. The zero-order chi connectivity index (χ0) is 14.5. The van der Waals surface area contributed by atoms with Crippen LogP contribution in [0.15, 0.2) is 12.1 Å². The summed E-state index contributed by atoms with van der Waals surface area (Å²) in [7, 11) is 0. The van der Waals surface area contributed by atoms with Gasteiger partial charge in [0.25, 0.3) is 0 Å². The number of hydrogen-bond acceptors (Lipinski definition) is 2. The van der Waals surface area contributed by atoms with Gasteiger partial charge in [0.1, 0.15) is 5.75 Å². The van der Waals surface area contributed by atoms with Crippen LogP contribution in [-0.4, -0.2) is 12.6 Å². The van der Waals surface area contributed by atoms with Gasteiger partial charge in [0.15, 0.2) is 0 Å². The summed E-state index contributed by atoms with van der Waals surface area (Å²) >= 11 is 0. The SMILES string of the molecule is CCNCc1cc(C)c(OC2CCCC(C)C2)c(C)c1. The molecule has 2 unspecified atom stereocenters. The molecule has 2 rings (SSSR count). The monoisotopic (exact) mass is 275 g/mol. The van der Waals surface area contributed by atoms with Crippen molar-refractivity contribution >= 4 is 0 Å². The average molecular weight is 275 g/mol. The van der Waals surface area contributed by atoms with Crippen molar-refractivity contribution in [2.24, 2.45) is 5.92 Å². The minimum Gasteiger partial charge on any atom is -0.490 e. The van der Waals surface area contributed by atoms with Crippen molar-refractivity contribution in [2.45, 2.75) is 66.0 Å². The summed E-state index contributed by atoms with van der Waals surface area (Å²) < 4.78 is 6.33. The molecule has 1 aromatic rings. The number of rotatable bonds is 5. The van der Waals surface area contributed by atoms with E-state index < -0.39 is 0 Å². The fraction of sp³-hybridized carbons (Fsp3) is 0.667. The van der Waals surface area contributed by atoms with Crippen LogP contribution in [0.5, 0.6) is 5.75 Å². The molecule has 1 saturated carbocycles. The molecule has 1 N–H and O–H groups in total. The topological polar surface area (TPSA) is 21.3 Å². The molecule has 0 heterocycles. The lowest BCUT2D eigenvalue weighted by Crippen LogP contribution is -2.24. The highest BCUT2D eigenvalue weighted by atomic mass is 16.5. The predicted octanol–water partition coefficient (Wildman–Crippen LogP) is 4.37. The largest absolute Gasteiger partial charge is 0.490 e. The Morgan fingerprint density at radius 3 is 2.50 bits per heavy atom. The summed E-state index contributed by atoms with van der Waals surface area (Å²) in [6, 6.07) is 4.52. The second-order valence-corrected chi connectivity index (χ2v) is 6.35. The summed E-state index contributed by atoms with van der Waals surface area (Å²) in [5, 5.41) is 3.38. The predicted molar refractivity (Wildman–Crippen MR) is 85.3 cm³/mol. The lowest BCUT2D eigenvalue weighted by Gasteiger charge is -2.29. The zero-order valence-corrected chi connectivity index (χ0v) is 13.5. The van der Waals surface area contributed by atoms with Gasteiger partial charge < -0.3 is 10.1 Å². The first kappa shape index (κ1) is 15.4. The third-order valence-corrected chi connectivity index (χ3v) is 4.27. The molecule has 0 aromatic heterocycles. The number of nitrogens with one attached hydrogen (secondary N) is 1. The van der Waals surface area contributed by atoms with Crippen LogP contribution in [0.3, 0.4) is 0 Å². The molecule has 0 spiro atoms. The van der Waals surface area contributed by atoms with E-state index in [4.69, 9.17) is 4.74 Å². The molecular formula is C18H29NO. The lowest BCUT2D eigenvalue weighted by molar-refractivity contribution is 0.127. The molecular weight excluding hydrogens is 246 g/mol. The van der Waals surface area contributed by atoms with Crippen molar-refractivity contribution in [1.82, 2.24) is 5.32 Å². The van der Waals surface area contributed by atoms with Crippen LogP contribution in [0.25, 0.3) is 0 Å². The van der Waals surface area contributed by atoms with E-state index in [-0.39, 0.29) is 0 Å². The van der Waals surface area contributed by atoms with Crippen LogP contribution in [0.1, 0.15) is 56.2 Å². The van der Waals surface area contributed by atoms with Crippen molar-refractivity contribution in [2.75, 3.05) is 6.54 Å². The Kier molecular flexibility index (Phi) is 5.47. The van der Waals surface area contributed by atoms with Gasteiger partial charge in [-0.1, -0.05) is 32.4 Å². The molecule has 0 amide bonds. The summed E-state index contributed by atoms with van der Waals surface area (Å²) in [6.07, 6.45) is 5.50. The normalized spacial score (nSPS) is 22.8. The third kappa shape index (κ3) is 3.99. The van der Waals surface area contributed by atoms with Crippen molar-refractivity contribution in [3.05, 3.63) is 28.8 Å². The molecule has 0 radical (unpaired) electrons. The van der Waals surface area contributed by atoms with Crippen molar-refractivity contribution in [1.29, 1.82) is 0 Å². The van der Waals surface area contributed by atoms with E-state index in [2.05, 4.69) is 45.1 Å². The number of benzene rings is 1. The van der Waals surface area contributed by atoms with Gasteiger partial charge >= 0.3 is 0 Å². The van der Waals surface area contributed by atoms with Gasteiger partial charge in [-0.05, 0) is 62.3 Å². The van der Waals surface area contributed by atoms with Crippen molar-refractivity contribution in [3.8, 4) is 5.75 Å². The van der Waals surface area contributed by atoms with E-state index in [1.54, 1.807) is 0 Å². The Labute approximate surface area is 123 Å². The first-order valence-electron chi connectivity index (χ1n) is 8.07. The minimum atomic E-state index is 0.413. The standard InChI is InChI=1S/C18H29NO/c1-5-19-12-16-10-14(3)18(15(4)11-16)20-17-8-6-7-13(2)9-17/h10-11,13,17,19H,5-9,12H2,1-4H3. The van der Waals surface area contributed by atoms with Gasteiger partial charge in [-0.2, -0.15) is 0 Å². The van der Waals surface area contributed by atoms with Crippen molar-refractivity contribution in [3.63, 3.8) is 0 Å². The van der Waals surface area contributed by atoms with E-state index in [1.165, 1.54) is 42.4 Å². The van der Waals surface area contributed by atoms with E-state index in [0.717, 1.165) is 24.8 Å². The Morgan fingerprint density at radius 2 is 1.90 bits per heavy atom. The third-order valence-electron chi connectivity index (χ3n) is 4.27. The molecule has 0 aliphatic heterocycles. The molecule has 0 bridgehead atoms. The van der Waals surface area contributed by atoms with E-state index >= 15 is 0 Å². The van der Waals surface area contributed by atoms with E-state index in [9.17, 15) is 0 Å². The quantitative estimate of drug-likeness (QED) is 0.861. The fourth-order valence-corrected chi connectivity index (χ4v) is 3.25. The Hall–Kier alpha value is -1.02. The second-order valence-electron chi connectivity index (χ2n) is 6.35. The molecule has 2 nitrogen and oxygen atoms in total. The number of aryl methyl sites for hydroxylation is 2. The molecule has 2 atom stereocenters. The summed E-state index contributed by atoms with van der Waals surface area (Å²) in [5.41, 5.74) is 3.90. The molecule has 2 heteroatoms. The maximum absolute atomic E-state index is 6.33. The maximum Gasteiger partial charge on any atom is 0.125 e. The summed E-state index contributed by atoms with van der Waals surface area (Å²) in [6.45, 7) is 10.8. The molecule has 112 valence electrons. The smallest absolute Gasteiger partial charge is 0.125 e. The molecule has 1 aliphatic carbocycles. The Bertz CT molecular complexity index is 418. The number of ether oxygens (including phenoxy) is 1. The van der Waals surface area contributed by atoms with E-state index in [1.807, 2.05) is 0 Å². The van der Waals surface area contributed by atoms with Crippen LogP contribution < -0.4 is 10.1 Å². The fourth-order valence-electron chi connectivity index (χ4n) is 3.25. The van der Waals surface area contributed by atoms with Crippen molar-refractivity contribution < 1.29 is 4.74 Å². The van der Waals surface area contributed by atoms with Crippen LogP contribution in [0.4, 0.5) is 0 Å². The van der Waals surface area contributed by atoms with Crippen LogP contribution in [-0.2, 0) is 6.54 Å². The van der Waals surface area contributed by atoms with Gasteiger partial charge in [0.2, 0.25) is 0 Å². The Balaban J connectivity index is 2.07. The van der Waals surface area contributed by atoms with Crippen LogP contribution >= 0.6 is 0 Å². The molecule has 0 saturated heterocycles. The highest BCUT2D eigenvalue weighted by Crippen LogP contribution is 2.31. The first-order valence-corrected chi connectivity index (χ1v) is 8.07. The molecule has 20 heavy (non-hydrogen) atoms. The number of hydrogen-bond donors (Lipinski definition) is 1.